The highest BCUT2D eigenvalue weighted by Crippen LogP contribution is 2.35. The zero-order valence-corrected chi connectivity index (χ0v) is 24.0. The first kappa shape index (κ1) is 26.7. The molecule has 1 aromatic carbocycles. The van der Waals surface area contributed by atoms with Crippen LogP contribution < -0.4 is 10.1 Å². The number of anilines is 1. The topological polar surface area (TPSA) is 92.4 Å². The van der Waals surface area contributed by atoms with E-state index in [1.54, 1.807) is 13.3 Å². The Kier molecular flexibility index (Phi) is 7.34. The van der Waals surface area contributed by atoms with Crippen molar-refractivity contribution in [3.05, 3.63) is 36.7 Å². The summed E-state index contributed by atoms with van der Waals surface area (Å²) < 4.78 is 21.1. The van der Waals surface area contributed by atoms with Crippen molar-refractivity contribution in [1.29, 1.82) is 0 Å². The lowest BCUT2D eigenvalue weighted by atomic mass is 10.1. The fourth-order valence-corrected chi connectivity index (χ4v) is 4.84. The number of fused-ring (bicyclic) bond motifs is 2. The normalized spacial score (nSPS) is 12.3. The van der Waals surface area contributed by atoms with Gasteiger partial charge in [-0.3, -0.25) is 9.88 Å². The van der Waals surface area contributed by atoms with Crippen molar-refractivity contribution in [2.24, 2.45) is 7.05 Å². The molecule has 37 heavy (non-hydrogen) atoms. The van der Waals surface area contributed by atoms with Gasteiger partial charge in [0, 0.05) is 44.4 Å². The lowest BCUT2D eigenvalue weighted by Gasteiger charge is -2.19. The molecule has 0 aliphatic rings. The van der Waals surface area contributed by atoms with E-state index in [1.165, 1.54) is 0 Å². The lowest BCUT2D eigenvalue weighted by Crippen LogP contribution is -2.27. The van der Waals surface area contributed by atoms with Gasteiger partial charge < -0.3 is 18.8 Å². The molecule has 1 amide bonds. The van der Waals surface area contributed by atoms with Crippen LogP contribution in [0.2, 0.25) is 25.7 Å². The van der Waals surface area contributed by atoms with Crippen LogP contribution in [0.4, 0.5) is 10.6 Å². The number of hydrogen-bond acceptors (Lipinski definition) is 6. The zero-order chi connectivity index (χ0) is 27.0. The standard InChI is InChI=1S/C27H37N5O4Si/c1-27(2,3)36-26(33)30-24-15-28-25-21(29-24)14-23(32(25)17-35-11-12-37(6,7)8)20-16-31(4)22-10-9-18(34-5)13-19(20)22/h9-10,13-16H,11-12,17H2,1-8H3,(H,29,30,33). The Morgan fingerprint density at radius 3 is 2.59 bits per heavy atom. The Balaban J connectivity index is 1.76. The molecule has 9 nitrogen and oxygen atoms in total. The molecule has 0 unspecified atom stereocenters. The maximum absolute atomic E-state index is 12.3. The number of aryl methyl sites for hydroxylation is 1. The van der Waals surface area contributed by atoms with E-state index < -0.39 is 19.8 Å². The second-order valence-electron chi connectivity index (χ2n) is 11.4. The van der Waals surface area contributed by atoms with Crippen LogP contribution in [0.1, 0.15) is 20.8 Å². The third-order valence-corrected chi connectivity index (χ3v) is 7.62. The summed E-state index contributed by atoms with van der Waals surface area (Å²) in [5.41, 5.74) is 3.75. The molecular formula is C27H37N5O4Si. The molecule has 4 aromatic rings. The second-order valence-corrected chi connectivity index (χ2v) is 17.1. The Bertz CT molecular complexity index is 1430. The molecular weight excluding hydrogens is 486 g/mol. The van der Waals surface area contributed by atoms with Crippen molar-refractivity contribution < 1.29 is 19.0 Å². The molecule has 3 heterocycles. The lowest BCUT2D eigenvalue weighted by molar-refractivity contribution is 0.0635. The quantitative estimate of drug-likeness (QED) is 0.217. The molecule has 0 atom stereocenters. The number of carbonyl (C=O) groups excluding carboxylic acids is 1. The molecule has 0 aliphatic heterocycles. The van der Waals surface area contributed by atoms with Crippen molar-refractivity contribution in [3.8, 4) is 17.0 Å². The third kappa shape index (κ3) is 6.31. The van der Waals surface area contributed by atoms with E-state index in [1.807, 2.05) is 50.6 Å². The highest BCUT2D eigenvalue weighted by Gasteiger charge is 2.21. The molecule has 198 valence electrons. The number of benzene rings is 1. The van der Waals surface area contributed by atoms with Crippen molar-refractivity contribution >= 4 is 42.1 Å². The summed E-state index contributed by atoms with van der Waals surface area (Å²) in [5, 5.41) is 3.74. The van der Waals surface area contributed by atoms with Gasteiger partial charge in [-0.05, 0) is 51.1 Å². The molecule has 1 N–H and O–H groups in total. The molecule has 0 aliphatic carbocycles. The largest absolute Gasteiger partial charge is 0.497 e. The molecule has 0 saturated carbocycles. The Morgan fingerprint density at radius 2 is 1.92 bits per heavy atom. The number of nitrogens with one attached hydrogen (secondary N) is 1. The van der Waals surface area contributed by atoms with E-state index in [-0.39, 0.29) is 0 Å². The van der Waals surface area contributed by atoms with Gasteiger partial charge in [0.2, 0.25) is 0 Å². The number of nitrogens with zero attached hydrogens (tertiary/aromatic N) is 4. The molecule has 0 saturated heterocycles. The summed E-state index contributed by atoms with van der Waals surface area (Å²) >= 11 is 0. The van der Waals surface area contributed by atoms with Crippen LogP contribution in [0.5, 0.6) is 5.75 Å². The van der Waals surface area contributed by atoms with E-state index in [0.29, 0.717) is 30.3 Å². The van der Waals surface area contributed by atoms with E-state index in [9.17, 15) is 4.79 Å². The molecule has 0 radical (unpaired) electrons. The van der Waals surface area contributed by atoms with Gasteiger partial charge in [-0.1, -0.05) is 19.6 Å². The van der Waals surface area contributed by atoms with Crippen LogP contribution in [0.3, 0.4) is 0 Å². The molecule has 0 fully saturated rings. The van der Waals surface area contributed by atoms with Crippen molar-refractivity contribution in [1.82, 2.24) is 19.1 Å². The first-order valence-corrected chi connectivity index (χ1v) is 16.1. The van der Waals surface area contributed by atoms with Gasteiger partial charge in [0.05, 0.1) is 19.0 Å². The predicted molar refractivity (Wildman–Crippen MR) is 150 cm³/mol. The van der Waals surface area contributed by atoms with Crippen molar-refractivity contribution in [2.45, 2.75) is 58.8 Å². The van der Waals surface area contributed by atoms with Gasteiger partial charge in [-0.15, -0.1) is 0 Å². The molecule has 0 bridgehead atoms. The van der Waals surface area contributed by atoms with Gasteiger partial charge in [-0.2, -0.15) is 0 Å². The van der Waals surface area contributed by atoms with E-state index in [0.717, 1.165) is 34.0 Å². The van der Waals surface area contributed by atoms with Crippen LogP contribution in [0.15, 0.2) is 36.7 Å². The molecule has 10 heteroatoms. The van der Waals surface area contributed by atoms with Gasteiger partial charge in [0.25, 0.3) is 0 Å². The van der Waals surface area contributed by atoms with Crippen molar-refractivity contribution in [3.63, 3.8) is 0 Å². The number of rotatable bonds is 8. The first-order chi connectivity index (χ1) is 17.3. The SMILES string of the molecule is COc1ccc2c(c1)c(-c1cc3nc(NC(=O)OC(C)(C)C)cnc3n1COCC[Si](C)(C)C)cn2C. The summed E-state index contributed by atoms with van der Waals surface area (Å²) in [4.78, 5) is 21.6. The highest BCUT2D eigenvalue weighted by atomic mass is 28.3. The smallest absolute Gasteiger partial charge is 0.413 e. The summed E-state index contributed by atoms with van der Waals surface area (Å²) in [6.07, 6.45) is 3.06. The van der Waals surface area contributed by atoms with Crippen LogP contribution in [0, 0.1) is 0 Å². The maximum atomic E-state index is 12.3. The first-order valence-electron chi connectivity index (χ1n) is 12.4. The molecule has 3 aromatic heterocycles. The summed E-state index contributed by atoms with van der Waals surface area (Å²) in [6, 6.07) is 9.10. The highest BCUT2D eigenvalue weighted by molar-refractivity contribution is 6.76. The van der Waals surface area contributed by atoms with Crippen LogP contribution in [0.25, 0.3) is 33.3 Å². The number of aromatic nitrogens is 4. The minimum Gasteiger partial charge on any atom is -0.497 e. The van der Waals surface area contributed by atoms with Gasteiger partial charge in [-0.25, -0.2) is 14.8 Å². The van der Waals surface area contributed by atoms with Gasteiger partial charge in [0.1, 0.15) is 23.6 Å². The third-order valence-electron chi connectivity index (χ3n) is 5.92. The molecule has 4 rings (SSSR count). The van der Waals surface area contributed by atoms with Crippen molar-refractivity contribution in [2.75, 3.05) is 19.0 Å². The monoisotopic (exact) mass is 523 g/mol. The number of amides is 1. The van der Waals surface area contributed by atoms with Crippen LogP contribution >= 0.6 is 0 Å². The number of hydrogen-bond donors (Lipinski definition) is 1. The minimum atomic E-state index is -1.23. The average Bonchev–Trinajstić information content (AvgIpc) is 3.31. The number of ether oxygens (including phenoxy) is 3. The maximum Gasteiger partial charge on any atom is 0.413 e. The Labute approximate surface area is 218 Å². The summed E-state index contributed by atoms with van der Waals surface area (Å²) in [6.45, 7) is 13.5. The second kappa shape index (κ2) is 10.2. The average molecular weight is 524 g/mol. The van der Waals surface area contributed by atoms with E-state index in [2.05, 4.69) is 51.8 Å². The predicted octanol–water partition coefficient (Wildman–Crippen LogP) is 6.26. The fourth-order valence-electron chi connectivity index (χ4n) is 4.08. The Hall–Kier alpha value is -3.37. The number of methoxy groups -OCH3 is 1. The van der Waals surface area contributed by atoms with Crippen LogP contribution in [-0.4, -0.2) is 52.6 Å². The molecule has 0 spiro atoms. The Morgan fingerprint density at radius 1 is 1.16 bits per heavy atom. The van der Waals surface area contributed by atoms with Gasteiger partial charge in [0.15, 0.2) is 11.5 Å². The number of carbonyl (C=O) groups is 1. The fraction of sp³-hybridized carbons (Fsp3) is 0.444. The summed E-state index contributed by atoms with van der Waals surface area (Å²) in [7, 11) is 2.46. The summed E-state index contributed by atoms with van der Waals surface area (Å²) in [5.74, 6) is 1.11. The van der Waals surface area contributed by atoms with Crippen LogP contribution in [-0.2, 0) is 23.3 Å². The zero-order valence-electron chi connectivity index (χ0n) is 23.0. The van der Waals surface area contributed by atoms with E-state index >= 15 is 0 Å². The van der Waals surface area contributed by atoms with E-state index in [4.69, 9.17) is 14.2 Å². The minimum absolute atomic E-state index is 0.324. The van der Waals surface area contributed by atoms with Gasteiger partial charge >= 0.3 is 6.09 Å².